The molecule has 0 heteroatoms. The molecule has 0 aliphatic carbocycles. The van der Waals surface area contributed by atoms with Crippen LogP contribution in [-0.4, -0.2) is 0 Å². The molecule has 0 unspecified atom stereocenters. The van der Waals surface area contributed by atoms with Gasteiger partial charge in [0.25, 0.3) is 0 Å². The Labute approximate surface area is 613 Å². The maximum absolute atomic E-state index is 3.32. The van der Waals surface area contributed by atoms with Gasteiger partial charge >= 0.3 is 0 Å². The summed E-state index contributed by atoms with van der Waals surface area (Å²) in [6.07, 6.45) is 0. The fourth-order valence-corrected chi connectivity index (χ4v) is 3.15. The van der Waals surface area contributed by atoms with Crippen molar-refractivity contribution in [3.63, 3.8) is 0 Å². The van der Waals surface area contributed by atoms with Gasteiger partial charge in [0.15, 0.2) is 0 Å². The lowest BCUT2D eigenvalue weighted by Gasteiger charge is -1.64. The van der Waals surface area contributed by atoms with Crippen LogP contribution in [-0.2, 0) is 0 Å². The zero-order valence-electron chi connectivity index (χ0n) is 52.4. The first-order chi connectivity index (χ1) is 51.9. The van der Waals surface area contributed by atoms with E-state index < -0.39 is 0 Å². The third-order valence-electron chi connectivity index (χ3n) is 6.36. The average Bonchev–Trinajstić information content (AvgIpc) is 3.68. The Hall–Kier alpha value is -22.7. The summed E-state index contributed by atoms with van der Waals surface area (Å²) < 4.78 is 0. The maximum Gasteiger partial charge on any atom is 0 e. The normalized spacial score (nSPS) is 3.96. The summed E-state index contributed by atoms with van der Waals surface area (Å²) in [5, 5.41) is 0. The minimum Gasteiger partial charge on any atom is -0.284 e. The van der Waals surface area contributed by atoms with Crippen LogP contribution < -0.4 is 0 Å². The van der Waals surface area contributed by atoms with Gasteiger partial charge < -0.3 is 0 Å². The fourth-order valence-electron chi connectivity index (χ4n) is 3.15. The molecule has 0 fully saturated rings. The quantitative estimate of drug-likeness (QED) is 0.250. The second-order valence-corrected chi connectivity index (χ2v) is 12.9. The third kappa shape index (κ3) is 79.3. The van der Waals surface area contributed by atoms with E-state index >= 15 is 0 Å². The second-order valence-electron chi connectivity index (χ2n) is 12.9. The molecule has 0 amide bonds. The summed E-state index contributed by atoms with van der Waals surface area (Å²) in [6.45, 7) is 6.64. The lowest BCUT2D eigenvalue weighted by Crippen LogP contribution is -1.57. The molecule has 0 aromatic carbocycles. The standard InChI is InChI=1S/C104H4/c1-3-5-7-9-11-13-15-17-19-21-23-25-27-29-31-33-35-37-39-41-43-45-47-49-51-53-55-57-59-61-63-65-67-69-71-73-75-77-79-81-83-85-87-89-91-93-95-97-99-101-103-104-102-100-98-96-94-92-90-88-86-84-82-80-78-76-74-72-70-68-66-64-62-60-58-56-54-52-50-48-46-44-42-40-38-36-34-32-30-28-26-24-22-20-18-16-14-12-10-8-6-4-2/h1-2H2/q-2. The van der Waals surface area contributed by atoms with Gasteiger partial charge in [0, 0.05) is 474 Å². The molecular weight excluding hydrogens is 1250 g/mol. The first-order valence-corrected chi connectivity index (χ1v) is 26.0. The van der Waals surface area contributed by atoms with Gasteiger partial charge in [-0.25, -0.2) is 11.8 Å². The molecule has 0 saturated heterocycles. The van der Waals surface area contributed by atoms with E-state index in [-0.39, 0.29) is 0 Å². The minimum atomic E-state index is 2.37. The fraction of sp³-hybridized carbons (Fsp3) is 0. The van der Waals surface area contributed by atoms with E-state index in [9.17, 15) is 0 Å². The monoisotopic (exact) mass is 1250 g/mol. The summed E-state index contributed by atoms with van der Waals surface area (Å²) in [4.78, 5) is 0. The van der Waals surface area contributed by atoms with E-state index in [4.69, 9.17) is 0 Å². The van der Waals surface area contributed by atoms with Crippen LogP contribution in [0.15, 0.2) is 0 Å². The zero-order chi connectivity index (χ0) is 74.1. The van der Waals surface area contributed by atoms with Gasteiger partial charge in [-0.3, -0.25) is 11.8 Å². The van der Waals surface area contributed by atoms with E-state index in [1.165, 1.54) is 0 Å². The molecule has 0 rings (SSSR count). The van der Waals surface area contributed by atoms with E-state index in [0.717, 1.165) is 0 Å². The molecule has 0 bridgehead atoms. The first-order valence-electron chi connectivity index (χ1n) is 26.0. The Kier molecular flexibility index (Phi) is 62.8. The Morgan fingerprint density at radius 3 is 0.106 bits per heavy atom. The Morgan fingerprint density at radius 2 is 0.0769 bits per heavy atom. The molecule has 422 valence electrons. The number of hydrogen-bond donors (Lipinski definition) is 0. The lowest BCUT2D eigenvalue weighted by atomic mass is 10.4. The van der Waals surface area contributed by atoms with Crippen molar-refractivity contribution in [2.75, 3.05) is 0 Å². The van der Waals surface area contributed by atoms with Crippen molar-refractivity contribution in [3.05, 3.63) is 13.8 Å². The molecule has 0 atom stereocenters. The summed E-state index contributed by atoms with van der Waals surface area (Å²) in [6, 6.07) is 0. The molecule has 0 spiro atoms. The van der Waals surface area contributed by atoms with E-state index in [1.54, 1.807) is 0 Å². The smallest absolute Gasteiger partial charge is 0 e. The van der Waals surface area contributed by atoms with Crippen LogP contribution in [0.25, 0.3) is 0 Å². The minimum absolute atomic E-state index is 2.37. The summed E-state index contributed by atoms with van der Waals surface area (Å²) >= 11 is 0. The molecule has 0 aromatic rings. The molecule has 104 heavy (non-hydrogen) atoms. The second kappa shape index (κ2) is 80.3. The van der Waals surface area contributed by atoms with E-state index in [0.29, 0.717) is 0 Å². The molecule has 0 radical (unpaired) electrons. The van der Waals surface area contributed by atoms with Crippen LogP contribution >= 0.6 is 0 Å². The first kappa shape index (κ1) is 81.3. The zero-order valence-corrected chi connectivity index (χ0v) is 52.4. The molecule has 0 aliphatic heterocycles. The highest BCUT2D eigenvalue weighted by molar-refractivity contribution is 5.56. The van der Waals surface area contributed by atoms with Crippen molar-refractivity contribution in [2.24, 2.45) is 0 Å². The van der Waals surface area contributed by atoms with Crippen molar-refractivity contribution in [1.82, 2.24) is 0 Å². The molecule has 0 nitrogen and oxygen atoms in total. The van der Waals surface area contributed by atoms with Gasteiger partial charge in [0.05, 0.1) is 0 Å². The molecular formula is C104H4-2. The highest BCUT2D eigenvalue weighted by Crippen LogP contribution is 1.68. The van der Waals surface area contributed by atoms with Gasteiger partial charge in [-0.15, -0.1) is 11.8 Å². The van der Waals surface area contributed by atoms with Crippen molar-refractivity contribution in [2.45, 2.75) is 0 Å². The van der Waals surface area contributed by atoms with Crippen LogP contribution in [0.3, 0.4) is 0 Å². The van der Waals surface area contributed by atoms with Crippen LogP contribution in [0.1, 0.15) is 0 Å². The summed E-state index contributed by atoms with van der Waals surface area (Å²) in [5.41, 5.74) is 0. The van der Waals surface area contributed by atoms with Crippen LogP contribution in [0.2, 0.25) is 0 Å². The topological polar surface area (TPSA) is 0 Å². The molecule has 0 saturated carbocycles. The highest BCUT2D eigenvalue weighted by atomic mass is 13.7. The number of hydrogen-bond acceptors (Lipinski definition) is 0. The van der Waals surface area contributed by atoms with Crippen molar-refractivity contribution in [3.8, 4) is 604 Å². The Bertz CT molecular complexity index is 6910. The van der Waals surface area contributed by atoms with Gasteiger partial charge in [0.2, 0.25) is 0 Å². The Morgan fingerprint density at radius 1 is 0.0481 bits per heavy atom. The molecule has 0 heterocycles. The van der Waals surface area contributed by atoms with E-state index in [2.05, 4.69) is 618 Å². The molecule has 0 N–H and O–H groups in total. The van der Waals surface area contributed by atoms with Crippen LogP contribution in [0.5, 0.6) is 0 Å². The predicted molar refractivity (Wildman–Crippen MR) is 407 cm³/mol. The van der Waals surface area contributed by atoms with Crippen LogP contribution in [0, 0.1) is 618 Å². The van der Waals surface area contributed by atoms with Crippen molar-refractivity contribution in [1.29, 1.82) is 0 Å². The van der Waals surface area contributed by atoms with E-state index in [1.807, 2.05) is 0 Å². The average molecular weight is 1250 g/mol. The highest BCUT2D eigenvalue weighted by Gasteiger charge is 1.67. The maximum atomic E-state index is 3.32. The van der Waals surface area contributed by atoms with Crippen LogP contribution in [0.4, 0.5) is 0 Å². The summed E-state index contributed by atoms with van der Waals surface area (Å²) in [5.74, 6) is 254. The van der Waals surface area contributed by atoms with Gasteiger partial charge in [0.1, 0.15) is 0 Å². The molecule has 0 aromatic heterocycles. The predicted octanol–water partition coefficient (Wildman–Crippen LogP) is 0.828. The lowest BCUT2D eigenvalue weighted by molar-refractivity contribution is 2.31. The molecule has 0 aliphatic rings. The van der Waals surface area contributed by atoms with Crippen molar-refractivity contribution < 1.29 is 0 Å². The number of rotatable bonds is 0. The van der Waals surface area contributed by atoms with Crippen molar-refractivity contribution >= 4 is 0 Å². The van der Waals surface area contributed by atoms with Gasteiger partial charge in [-0.05, 0) is 94.7 Å². The van der Waals surface area contributed by atoms with Gasteiger partial charge in [-0.1, -0.05) is 0 Å². The largest absolute Gasteiger partial charge is 0.284 e. The SMILES string of the molecule is [CH2-]C#CC#CC#CC#CC#CC#CC#CC#CC#CC#CC#CC#CC#CC#CC#CC#CC#CC#CC#CC#CC#CC#CC#CC#CC#CC#CC#CC#CC#CC#CC#CC#CC#CC#CC#CC#CC#CC#CC#CC#CC#CC#CC#CC#CC#CC#CC#CC#CC#CC#CC#C[CH2-]. The van der Waals surface area contributed by atoms with Gasteiger partial charge in [-0.2, -0.15) is 13.8 Å². The third-order valence-corrected chi connectivity index (χ3v) is 6.36. The summed E-state index contributed by atoms with van der Waals surface area (Å²) in [7, 11) is 0. The Balaban J connectivity index is 4.64.